The van der Waals surface area contributed by atoms with Crippen molar-refractivity contribution >= 4 is 39.0 Å². The highest BCUT2D eigenvalue weighted by Crippen LogP contribution is 2.44. The van der Waals surface area contributed by atoms with Crippen LogP contribution in [0.4, 0.5) is 17.1 Å². The fourth-order valence-electron chi connectivity index (χ4n) is 7.89. The Bertz CT molecular complexity index is 2910. The zero-order chi connectivity index (χ0) is 37.3. The molecule has 0 atom stereocenters. The third-order valence-electron chi connectivity index (χ3n) is 10.7. The highest BCUT2D eigenvalue weighted by Gasteiger charge is 2.19. The number of hydrogen-bond donors (Lipinski definition) is 0. The first kappa shape index (κ1) is 33.2. The molecular formula is C54H37NO. The third kappa shape index (κ3) is 6.24. The molecule has 2 nitrogen and oxygen atoms in total. The fraction of sp³-hybridized carbons (Fsp3) is 0. The molecule has 0 saturated carbocycles. The summed E-state index contributed by atoms with van der Waals surface area (Å²) in [5.74, 6) is 0. The topological polar surface area (TPSA) is 16.4 Å². The van der Waals surface area contributed by atoms with Crippen LogP contribution in [-0.4, -0.2) is 0 Å². The van der Waals surface area contributed by atoms with Crippen LogP contribution in [0.15, 0.2) is 229 Å². The number of para-hydroxylation sites is 2. The second-order valence-corrected chi connectivity index (χ2v) is 14.1. The summed E-state index contributed by atoms with van der Waals surface area (Å²) < 4.78 is 6.56. The average Bonchev–Trinajstić information content (AvgIpc) is 3.67. The smallest absolute Gasteiger partial charge is 0.143 e. The summed E-state index contributed by atoms with van der Waals surface area (Å²) in [5.41, 5.74) is 16.7. The second-order valence-electron chi connectivity index (χ2n) is 14.1. The zero-order valence-electron chi connectivity index (χ0n) is 30.7. The Kier molecular flexibility index (Phi) is 8.55. The highest BCUT2D eigenvalue weighted by atomic mass is 16.3. The van der Waals surface area contributed by atoms with Crippen molar-refractivity contribution < 1.29 is 4.42 Å². The standard InChI is InChI=1S/C54H37NO/c1-4-13-38(14-5-1)40-23-25-41(26-24-40)43-29-33-46(34-30-43)55(45-31-27-42(28-32-45)39-15-6-2-7-16-39)47-35-36-48(52(37-47)44-17-8-3-9-18-44)50-20-12-21-51-49-19-10-11-22-53(49)56-54(50)51/h1-37H. The van der Waals surface area contributed by atoms with Crippen LogP contribution in [0.25, 0.3) is 77.6 Å². The summed E-state index contributed by atoms with van der Waals surface area (Å²) in [7, 11) is 0. The Morgan fingerprint density at radius 2 is 0.696 bits per heavy atom. The molecule has 0 aliphatic carbocycles. The molecule has 0 fully saturated rings. The SMILES string of the molecule is c1ccc(-c2ccc(-c3ccc(N(c4ccc(-c5ccccc5)cc4)c4ccc(-c5cccc6c5oc5ccccc56)c(-c5ccccc5)c4)cc3)cc2)cc1. The molecule has 10 rings (SSSR count). The molecule has 0 bridgehead atoms. The van der Waals surface area contributed by atoms with Crippen molar-refractivity contribution in [1.82, 2.24) is 0 Å². The van der Waals surface area contributed by atoms with Gasteiger partial charge in [0.15, 0.2) is 0 Å². The van der Waals surface area contributed by atoms with Crippen molar-refractivity contribution in [3.63, 3.8) is 0 Å². The zero-order valence-corrected chi connectivity index (χ0v) is 30.7. The van der Waals surface area contributed by atoms with Gasteiger partial charge in [-0.2, -0.15) is 0 Å². The van der Waals surface area contributed by atoms with Crippen molar-refractivity contribution in [2.45, 2.75) is 0 Å². The molecule has 1 heterocycles. The Morgan fingerprint density at radius 3 is 1.25 bits per heavy atom. The van der Waals surface area contributed by atoms with Crippen LogP contribution >= 0.6 is 0 Å². The Labute approximate surface area is 327 Å². The van der Waals surface area contributed by atoms with Gasteiger partial charge in [-0.05, 0) is 92.5 Å². The number of nitrogens with zero attached hydrogens (tertiary/aromatic N) is 1. The maximum Gasteiger partial charge on any atom is 0.143 e. The minimum atomic E-state index is 0.897. The molecule has 2 heteroatoms. The predicted molar refractivity (Wildman–Crippen MR) is 236 cm³/mol. The molecule has 0 aliphatic heterocycles. The van der Waals surface area contributed by atoms with Gasteiger partial charge in [0.1, 0.15) is 11.2 Å². The second kappa shape index (κ2) is 14.4. The lowest BCUT2D eigenvalue weighted by molar-refractivity contribution is 0.670. The van der Waals surface area contributed by atoms with E-state index < -0.39 is 0 Å². The van der Waals surface area contributed by atoms with E-state index in [2.05, 4.69) is 217 Å². The molecule has 56 heavy (non-hydrogen) atoms. The molecule has 0 N–H and O–H groups in total. The van der Waals surface area contributed by atoms with Crippen molar-refractivity contribution in [2.75, 3.05) is 4.90 Å². The van der Waals surface area contributed by atoms with Crippen molar-refractivity contribution in [3.8, 4) is 55.6 Å². The van der Waals surface area contributed by atoms with Crippen LogP contribution in [-0.2, 0) is 0 Å². The van der Waals surface area contributed by atoms with E-state index >= 15 is 0 Å². The molecule has 0 unspecified atom stereocenters. The summed E-state index contributed by atoms with van der Waals surface area (Å²) in [6, 6.07) is 80.0. The van der Waals surface area contributed by atoms with Crippen molar-refractivity contribution in [3.05, 3.63) is 224 Å². The number of benzene rings is 9. The predicted octanol–water partition coefficient (Wildman–Crippen LogP) is 15.4. The van der Waals surface area contributed by atoms with Gasteiger partial charge in [0, 0.05) is 33.4 Å². The molecular weight excluding hydrogens is 679 g/mol. The van der Waals surface area contributed by atoms with Gasteiger partial charge in [-0.3, -0.25) is 0 Å². The monoisotopic (exact) mass is 715 g/mol. The van der Waals surface area contributed by atoms with E-state index in [0.29, 0.717) is 0 Å². The molecule has 264 valence electrons. The maximum atomic E-state index is 6.56. The lowest BCUT2D eigenvalue weighted by atomic mass is 9.92. The summed E-state index contributed by atoms with van der Waals surface area (Å²) in [6.45, 7) is 0. The Hall–Kier alpha value is -7.42. The van der Waals surface area contributed by atoms with Gasteiger partial charge >= 0.3 is 0 Å². The molecule has 0 amide bonds. The number of anilines is 3. The summed E-state index contributed by atoms with van der Waals surface area (Å²) in [6.07, 6.45) is 0. The summed E-state index contributed by atoms with van der Waals surface area (Å²) >= 11 is 0. The fourth-order valence-corrected chi connectivity index (χ4v) is 7.89. The van der Waals surface area contributed by atoms with Crippen LogP contribution in [0.5, 0.6) is 0 Å². The van der Waals surface area contributed by atoms with Crippen molar-refractivity contribution in [2.24, 2.45) is 0 Å². The van der Waals surface area contributed by atoms with Crippen molar-refractivity contribution in [1.29, 1.82) is 0 Å². The summed E-state index contributed by atoms with van der Waals surface area (Å²) in [4.78, 5) is 2.36. The molecule has 0 saturated heterocycles. The van der Waals surface area contributed by atoms with Gasteiger partial charge in [0.25, 0.3) is 0 Å². The normalized spacial score (nSPS) is 11.2. The van der Waals surface area contributed by atoms with Crippen LogP contribution in [0.2, 0.25) is 0 Å². The van der Waals surface area contributed by atoms with Gasteiger partial charge in [-0.25, -0.2) is 0 Å². The van der Waals surface area contributed by atoms with Crippen LogP contribution < -0.4 is 4.90 Å². The minimum absolute atomic E-state index is 0.897. The van der Waals surface area contributed by atoms with Gasteiger partial charge in [-0.15, -0.1) is 0 Å². The van der Waals surface area contributed by atoms with Gasteiger partial charge in [0.2, 0.25) is 0 Å². The first-order valence-corrected chi connectivity index (χ1v) is 19.1. The molecule has 9 aromatic carbocycles. The van der Waals surface area contributed by atoms with Gasteiger partial charge in [-0.1, -0.05) is 182 Å². The maximum absolute atomic E-state index is 6.56. The highest BCUT2D eigenvalue weighted by molar-refractivity contribution is 6.10. The van der Waals surface area contributed by atoms with Crippen LogP contribution in [0.1, 0.15) is 0 Å². The lowest BCUT2D eigenvalue weighted by Crippen LogP contribution is -2.10. The first-order valence-electron chi connectivity index (χ1n) is 19.1. The molecule has 10 aromatic rings. The van der Waals surface area contributed by atoms with Crippen LogP contribution in [0, 0.1) is 0 Å². The average molecular weight is 716 g/mol. The van der Waals surface area contributed by atoms with E-state index in [0.717, 1.165) is 61.3 Å². The molecule has 0 aliphatic rings. The van der Waals surface area contributed by atoms with E-state index in [-0.39, 0.29) is 0 Å². The number of furan rings is 1. The minimum Gasteiger partial charge on any atom is -0.455 e. The number of fused-ring (bicyclic) bond motifs is 3. The van der Waals surface area contributed by atoms with Gasteiger partial charge in [0.05, 0.1) is 0 Å². The van der Waals surface area contributed by atoms with E-state index in [4.69, 9.17) is 4.42 Å². The molecule has 0 radical (unpaired) electrons. The quantitative estimate of drug-likeness (QED) is 0.156. The Morgan fingerprint density at radius 1 is 0.268 bits per heavy atom. The Balaban J connectivity index is 1.09. The summed E-state index contributed by atoms with van der Waals surface area (Å²) in [5, 5.41) is 2.25. The molecule has 0 spiro atoms. The van der Waals surface area contributed by atoms with Crippen LogP contribution in [0.3, 0.4) is 0 Å². The molecule has 1 aromatic heterocycles. The van der Waals surface area contributed by atoms with E-state index in [9.17, 15) is 0 Å². The third-order valence-corrected chi connectivity index (χ3v) is 10.7. The largest absolute Gasteiger partial charge is 0.455 e. The van der Waals surface area contributed by atoms with E-state index in [1.165, 1.54) is 33.4 Å². The first-order chi connectivity index (χ1) is 27.8. The van der Waals surface area contributed by atoms with E-state index in [1.807, 2.05) is 12.1 Å². The van der Waals surface area contributed by atoms with Gasteiger partial charge < -0.3 is 9.32 Å². The number of rotatable bonds is 8. The lowest BCUT2D eigenvalue weighted by Gasteiger charge is -2.27. The van der Waals surface area contributed by atoms with E-state index in [1.54, 1.807) is 0 Å². The number of hydrogen-bond acceptors (Lipinski definition) is 2.